The van der Waals surface area contributed by atoms with Crippen LogP contribution in [0.15, 0.2) is 22.5 Å². The van der Waals surface area contributed by atoms with Gasteiger partial charge >= 0.3 is 0 Å². The number of hydrogen-bond acceptors (Lipinski definition) is 4. The molecular weight excluding hydrogens is 312 g/mol. The molecule has 0 saturated carbocycles. The van der Waals surface area contributed by atoms with Crippen molar-refractivity contribution in [3.05, 3.63) is 22.4 Å². The minimum Gasteiger partial charge on any atom is -0.383 e. The fourth-order valence-electron chi connectivity index (χ4n) is 1.87. The Hall–Kier alpha value is -1.60. The Labute approximate surface area is 142 Å². The van der Waals surface area contributed by atoms with Gasteiger partial charge in [-0.3, -0.25) is 9.79 Å². The van der Waals surface area contributed by atoms with Crippen LogP contribution >= 0.6 is 11.3 Å². The van der Waals surface area contributed by atoms with Gasteiger partial charge in [-0.15, -0.1) is 11.3 Å². The van der Waals surface area contributed by atoms with Crippen molar-refractivity contribution in [1.82, 2.24) is 16.0 Å². The molecule has 1 rings (SSSR count). The van der Waals surface area contributed by atoms with Gasteiger partial charge in [0.05, 0.1) is 13.2 Å². The molecule has 23 heavy (non-hydrogen) atoms. The normalized spacial score (nSPS) is 11.6. The first-order chi connectivity index (χ1) is 11.1. The van der Waals surface area contributed by atoms with Crippen LogP contribution in [-0.2, 0) is 16.0 Å². The van der Waals surface area contributed by atoms with Gasteiger partial charge in [0.2, 0.25) is 5.91 Å². The van der Waals surface area contributed by atoms with Crippen LogP contribution in [0, 0.1) is 0 Å². The van der Waals surface area contributed by atoms with Gasteiger partial charge in [0, 0.05) is 37.5 Å². The monoisotopic (exact) mass is 340 g/mol. The molecule has 0 aliphatic heterocycles. The summed E-state index contributed by atoms with van der Waals surface area (Å²) in [4.78, 5) is 17.4. The zero-order chi connectivity index (χ0) is 16.9. The third kappa shape index (κ3) is 9.91. The van der Waals surface area contributed by atoms with E-state index in [1.54, 1.807) is 18.4 Å². The highest BCUT2D eigenvalue weighted by atomic mass is 32.1. The van der Waals surface area contributed by atoms with Gasteiger partial charge in [-0.05, 0) is 31.7 Å². The molecule has 0 spiro atoms. The van der Waals surface area contributed by atoms with Gasteiger partial charge in [-0.2, -0.15) is 0 Å². The lowest BCUT2D eigenvalue weighted by Crippen LogP contribution is -2.41. The standard InChI is InChI=1S/C16H28N4O2S/c1-13(2)20-15(21)7-9-18-16(19-10-11-22-3)17-8-6-14-5-4-12-23-14/h4-5,12-13H,6-11H2,1-3H3,(H,20,21)(H2,17,18,19). The highest BCUT2D eigenvalue weighted by Gasteiger charge is 2.04. The fourth-order valence-corrected chi connectivity index (χ4v) is 2.58. The molecule has 0 unspecified atom stereocenters. The average Bonchev–Trinajstić information content (AvgIpc) is 2.99. The number of carbonyl (C=O) groups excluding carboxylic acids is 1. The summed E-state index contributed by atoms with van der Waals surface area (Å²) in [6, 6.07) is 4.35. The Morgan fingerprint density at radius 1 is 1.35 bits per heavy atom. The molecule has 6 nitrogen and oxygen atoms in total. The molecule has 0 aliphatic carbocycles. The predicted octanol–water partition coefficient (Wildman–Crippen LogP) is 1.39. The number of amides is 1. The molecule has 7 heteroatoms. The van der Waals surface area contributed by atoms with Gasteiger partial charge in [0.25, 0.3) is 0 Å². The van der Waals surface area contributed by atoms with E-state index < -0.39 is 0 Å². The number of nitrogens with zero attached hydrogens (tertiary/aromatic N) is 1. The van der Waals surface area contributed by atoms with E-state index in [0.29, 0.717) is 26.1 Å². The van der Waals surface area contributed by atoms with E-state index in [2.05, 4.69) is 38.5 Å². The molecule has 0 saturated heterocycles. The van der Waals surface area contributed by atoms with E-state index in [4.69, 9.17) is 4.74 Å². The lowest BCUT2D eigenvalue weighted by molar-refractivity contribution is -0.121. The maximum absolute atomic E-state index is 11.6. The van der Waals surface area contributed by atoms with Crippen LogP contribution in [0.2, 0.25) is 0 Å². The van der Waals surface area contributed by atoms with Crippen molar-refractivity contribution < 1.29 is 9.53 Å². The molecule has 0 bridgehead atoms. The quantitative estimate of drug-likeness (QED) is 0.342. The van der Waals surface area contributed by atoms with Crippen molar-refractivity contribution in [3.63, 3.8) is 0 Å². The summed E-state index contributed by atoms with van der Waals surface area (Å²) in [6.07, 6.45) is 1.38. The van der Waals surface area contributed by atoms with Crippen LogP contribution in [0.3, 0.4) is 0 Å². The lowest BCUT2D eigenvalue weighted by atomic mass is 10.3. The van der Waals surface area contributed by atoms with Crippen LogP contribution in [-0.4, -0.2) is 51.3 Å². The molecule has 0 radical (unpaired) electrons. The highest BCUT2D eigenvalue weighted by Crippen LogP contribution is 2.07. The van der Waals surface area contributed by atoms with Crippen LogP contribution < -0.4 is 16.0 Å². The molecule has 1 heterocycles. The van der Waals surface area contributed by atoms with Crippen LogP contribution in [0.25, 0.3) is 0 Å². The number of guanidine groups is 1. The zero-order valence-corrected chi connectivity index (χ0v) is 15.0. The molecule has 1 aromatic rings. The molecular formula is C16H28N4O2S. The first-order valence-corrected chi connectivity index (χ1v) is 8.82. The van der Waals surface area contributed by atoms with Gasteiger partial charge in [-0.1, -0.05) is 6.07 Å². The first kappa shape index (κ1) is 19.4. The molecule has 1 aromatic heterocycles. The van der Waals surface area contributed by atoms with Crippen molar-refractivity contribution in [2.45, 2.75) is 32.7 Å². The summed E-state index contributed by atoms with van der Waals surface area (Å²) < 4.78 is 5.02. The molecule has 0 fully saturated rings. The second-order valence-corrected chi connectivity index (χ2v) is 6.41. The summed E-state index contributed by atoms with van der Waals surface area (Å²) >= 11 is 1.75. The number of hydrogen-bond donors (Lipinski definition) is 3. The first-order valence-electron chi connectivity index (χ1n) is 7.94. The number of ether oxygens (including phenoxy) is 1. The fraction of sp³-hybridized carbons (Fsp3) is 0.625. The Morgan fingerprint density at radius 3 is 2.78 bits per heavy atom. The zero-order valence-electron chi connectivity index (χ0n) is 14.2. The summed E-state index contributed by atoms with van der Waals surface area (Å²) in [6.45, 7) is 6.42. The molecule has 0 aliphatic rings. The number of methoxy groups -OCH3 is 1. The largest absolute Gasteiger partial charge is 0.383 e. The number of carbonyl (C=O) groups is 1. The smallest absolute Gasteiger partial charge is 0.221 e. The van der Waals surface area contributed by atoms with Crippen LogP contribution in [0.4, 0.5) is 0 Å². The van der Waals surface area contributed by atoms with Crippen molar-refractivity contribution in [2.24, 2.45) is 4.99 Å². The van der Waals surface area contributed by atoms with E-state index in [1.807, 2.05) is 13.8 Å². The van der Waals surface area contributed by atoms with Crippen molar-refractivity contribution in [3.8, 4) is 0 Å². The Kier molecular flexibility index (Phi) is 10.1. The second kappa shape index (κ2) is 11.9. The van der Waals surface area contributed by atoms with Crippen molar-refractivity contribution in [1.29, 1.82) is 0 Å². The van der Waals surface area contributed by atoms with E-state index >= 15 is 0 Å². The second-order valence-electron chi connectivity index (χ2n) is 5.38. The maximum atomic E-state index is 11.6. The molecule has 3 N–H and O–H groups in total. The Bertz CT molecular complexity index is 461. The Morgan fingerprint density at radius 2 is 2.13 bits per heavy atom. The third-order valence-corrected chi connectivity index (χ3v) is 3.84. The van der Waals surface area contributed by atoms with Gasteiger partial charge in [-0.25, -0.2) is 0 Å². The molecule has 0 aromatic carbocycles. The minimum absolute atomic E-state index is 0.0438. The summed E-state index contributed by atoms with van der Waals surface area (Å²) in [5, 5.41) is 11.4. The Balaban J connectivity index is 2.32. The average molecular weight is 340 g/mol. The van der Waals surface area contributed by atoms with E-state index in [1.165, 1.54) is 4.88 Å². The maximum Gasteiger partial charge on any atom is 0.221 e. The van der Waals surface area contributed by atoms with Gasteiger partial charge in [0.1, 0.15) is 0 Å². The molecule has 130 valence electrons. The molecule has 1 amide bonds. The van der Waals surface area contributed by atoms with E-state index in [9.17, 15) is 4.79 Å². The highest BCUT2D eigenvalue weighted by molar-refractivity contribution is 7.09. The lowest BCUT2D eigenvalue weighted by Gasteiger charge is -2.13. The minimum atomic E-state index is 0.0438. The predicted molar refractivity (Wildman–Crippen MR) is 96.1 cm³/mol. The number of thiophene rings is 1. The van der Waals surface area contributed by atoms with E-state index in [0.717, 1.165) is 18.9 Å². The summed E-state index contributed by atoms with van der Waals surface area (Å²) in [7, 11) is 1.66. The topological polar surface area (TPSA) is 74.8 Å². The van der Waals surface area contributed by atoms with Crippen LogP contribution in [0.5, 0.6) is 0 Å². The van der Waals surface area contributed by atoms with Gasteiger partial charge < -0.3 is 20.7 Å². The van der Waals surface area contributed by atoms with E-state index in [-0.39, 0.29) is 11.9 Å². The summed E-state index contributed by atoms with van der Waals surface area (Å²) in [5.41, 5.74) is 0. The number of aliphatic imine (C=N–C) groups is 1. The summed E-state index contributed by atoms with van der Waals surface area (Å²) in [5.74, 6) is 0.762. The van der Waals surface area contributed by atoms with Crippen molar-refractivity contribution in [2.75, 3.05) is 33.4 Å². The van der Waals surface area contributed by atoms with Gasteiger partial charge in [0.15, 0.2) is 5.96 Å². The van der Waals surface area contributed by atoms with Crippen LogP contribution in [0.1, 0.15) is 25.1 Å². The SMILES string of the molecule is COCCN=C(NCCC(=O)NC(C)C)NCCc1cccs1. The number of nitrogens with one attached hydrogen (secondary N) is 3. The molecule has 0 atom stereocenters. The third-order valence-electron chi connectivity index (χ3n) is 2.90. The van der Waals surface area contributed by atoms with Crippen molar-refractivity contribution >= 4 is 23.2 Å². The number of rotatable bonds is 10.